The van der Waals surface area contributed by atoms with E-state index in [9.17, 15) is 0 Å². The SMILES string of the molecule is C=C/C=C(\C=C)N(c1ccccc1)c1cccc(-c2ccc3c4ccc(I)cc4c4ccccc4c3c2)c1. The number of rotatable bonds is 6. The summed E-state index contributed by atoms with van der Waals surface area (Å²) in [5.74, 6) is 0. The van der Waals surface area contributed by atoms with Gasteiger partial charge in [0.2, 0.25) is 0 Å². The minimum absolute atomic E-state index is 0.967. The van der Waals surface area contributed by atoms with Crippen LogP contribution in [0.2, 0.25) is 0 Å². The van der Waals surface area contributed by atoms with Crippen molar-refractivity contribution in [3.05, 3.63) is 156 Å². The Morgan fingerprint density at radius 2 is 1.16 bits per heavy atom. The van der Waals surface area contributed by atoms with Crippen molar-refractivity contribution >= 4 is 66.3 Å². The Labute approximate surface area is 237 Å². The second-order valence-corrected chi connectivity index (χ2v) is 10.5. The van der Waals surface area contributed by atoms with Gasteiger partial charge in [-0.1, -0.05) is 92.0 Å². The maximum absolute atomic E-state index is 4.07. The van der Waals surface area contributed by atoms with Crippen molar-refractivity contribution < 1.29 is 0 Å². The average Bonchev–Trinajstić information content (AvgIpc) is 2.97. The molecule has 0 aromatic heterocycles. The van der Waals surface area contributed by atoms with E-state index in [2.05, 4.69) is 150 Å². The summed E-state index contributed by atoms with van der Waals surface area (Å²) in [4.78, 5) is 2.21. The Kier molecular flexibility index (Phi) is 6.57. The third kappa shape index (κ3) is 4.31. The predicted molar refractivity (Wildman–Crippen MR) is 174 cm³/mol. The highest BCUT2D eigenvalue weighted by molar-refractivity contribution is 14.1. The first-order valence-electron chi connectivity index (χ1n) is 12.6. The minimum Gasteiger partial charge on any atom is -0.311 e. The summed E-state index contributed by atoms with van der Waals surface area (Å²) in [6.45, 7) is 7.98. The first-order valence-corrected chi connectivity index (χ1v) is 13.7. The molecule has 0 aliphatic rings. The van der Waals surface area contributed by atoms with Gasteiger partial charge in [0.05, 0.1) is 0 Å². The Morgan fingerprint density at radius 3 is 1.87 bits per heavy atom. The van der Waals surface area contributed by atoms with Crippen LogP contribution >= 0.6 is 22.6 Å². The molecule has 2 heteroatoms. The lowest BCUT2D eigenvalue weighted by molar-refractivity contribution is 1.21. The fourth-order valence-electron chi connectivity index (χ4n) is 5.31. The molecule has 0 bridgehead atoms. The predicted octanol–water partition coefficient (Wildman–Crippen LogP) is 10.8. The molecule has 1 nitrogen and oxygen atoms in total. The van der Waals surface area contributed by atoms with Crippen LogP contribution in [0.15, 0.2) is 152 Å². The Bertz CT molecular complexity index is 1840. The molecular formula is C36H26IN. The topological polar surface area (TPSA) is 3.24 Å². The zero-order valence-electron chi connectivity index (χ0n) is 20.9. The molecule has 0 aliphatic carbocycles. The van der Waals surface area contributed by atoms with Crippen molar-refractivity contribution in [2.45, 2.75) is 0 Å². The third-order valence-corrected chi connectivity index (χ3v) is 7.68. The molecule has 0 saturated heterocycles. The van der Waals surface area contributed by atoms with E-state index >= 15 is 0 Å². The van der Waals surface area contributed by atoms with Crippen LogP contribution in [0.4, 0.5) is 11.4 Å². The van der Waals surface area contributed by atoms with Crippen molar-refractivity contribution in [2.24, 2.45) is 0 Å². The highest BCUT2D eigenvalue weighted by atomic mass is 127. The molecule has 0 radical (unpaired) electrons. The molecule has 0 saturated carbocycles. The molecule has 0 heterocycles. The van der Waals surface area contributed by atoms with Crippen LogP contribution in [0, 0.1) is 3.57 Å². The molecule has 6 rings (SSSR count). The van der Waals surface area contributed by atoms with Crippen LogP contribution in [0.5, 0.6) is 0 Å². The van der Waals surface area contributed by atoms with Gasteiger partial charge in [0.15, 0.2) is 0 Å². The number of nitrogens with zero attached hydrogens (tertiary/aromatic N) is 1. The molecule has 0 fully saturated rings. The van der Waals surface area contributed by atoms with E-state index in [1.54, 1.807) is 6.08 Å². The van der Waals surface area contributed by atoms with Crippen LogP contribution in [0.25, 0.3) is 43.4 Å². The average molecular weight is 600 g/mol. The van der Waals surface area contributed by atoms with Gasteiger partial charge < -0.3 is 4.90 Å². The Morgan fingerprint density at radius 1 is 0.553 bits per heavy atom. The summed E-state index contributed by atoms with van der Waals surface area (Å²) in [6.07, 6.45) is 5.66. The van der Waals surface area contributed by atoms with Crippen LogP contribution in [-0.2, 0) is 0 Å². The third-order valence-electron chi connectivity index (χ3n) is 7.01. The Balaban J connectivity index is 1.55. The van der Waals surface area contributed by atoms with Crippen molar-refractivity contribution in [1.82, 2.24) is 0 Å². The van der Waals surface area contributed by atoms with Crippen molar-refractivity contribution in [2.75, 3.05) is 4.90 Å². The maximum atomic E-state index is 4.07. The van der Waals surface area contributed by atoms with Crippen molar-refractivity contribution in [3.63, 3.8) is 0 Å². The lowest BCUT2D eigenvalue weighted by Gasteiger charge is -2.26. The normalized spacial score (nSPS) is 11.7. The number of para-hydroxylation sites is 1. The second kappa shape index (κ2) is 10.3. The number of fused-ring (bicyclic) bond motifs is 6. The maximum Gasteiger partial charge on any atom is 0.0467 e. The molecule has 182 valence electrons. The summed E-state index contributed by atoms with van der Waals surface area (Å²) < 4.78 is 1.25. The van der Waals surface area contributed by atoms with Crippen molar-refractivity contribution in [1.29, 1.82) is 0 Å². The van der Waals surface area contributed by atoms with Gasteiger partial charge in [-0.15, -0.1) is 0 Å². The fourth-order valence-corrected chi connectivity index (χ4v) is 5.80. The molecule has 6 aromatic carbocycles. The lowest BCUT2D eigenvalue weighted by atomic mass is 9.92. The summed E-state index contributed by atoms with van der Waals surface area (Å²) >= 11 is 2.40. The van der Waals surface area contributed by atoms with E-state index in [1.165, 1.54) is 47.0 Å². The van der Waals surface area contributed by atoms with Gasteiger partial charge in [-0.3, -0.25) is 0 Å². The zero-order valence-corrected chi connectivity index (χ0v) is 23.1. The van der Waals surface area contributed by atoms with Crippen molar-refractivity contribution in [3.8, 4) is 11.1 Å². The van der Waals surface area contributed by atoms with E-state index in [0.29, 0.717) is 0 Å². The summed E-state index contributed by atoms with van der Waals surface area (Å²) in [5.41, 5.74) is 5.46. The minimum atomic E-state index is 0.967. The van der Waals surface area contributed by atoms with E-state index in [1.807, 2.05) is 18.2 Å². The van der Waals surface area contributed by atoms with Gasteiger partial charge in [0.25, 0.3) is 0 Å². The van der Waals surface area contributed by atoms with E-state index < -0.39 is 0 Å². The van der Waals surface area contributed by atoms with Gasteiger partial charge in [0, 0.05) is 20.6 Å². The number of halogens is 1. The number of hydrogen-bond donors (Lipinski definition) is 0. The molecular weight excluding hydrogens is 573 g/mol. The lowest BCUT2D eigenvalue weighted by Crippen LogP contribution is -2.14. The molecule has 38 heavy (non-hydrogen) atoms. The molecule has 0 aliphatic heterocycles. The molecule has 0 atom stereocenters. The van der Waals surface area contributed by atoms with Gasteiger partial charge in [-0.2, -0.15) is 0 Å². The fraction of sp³-hybridized carbons (Fsp3) is 0. The molecule has 0 spiro atoms. The van der Waals surface area contributed by atoms with E-state index in [-0.39, 0.29) is 0 Å². The summed E-state index contributed by atoms with van der Waals surface area (Å²) in [5, 5.41) is 7.72. The van der Waals surface area contributed by atoms with Crippen LogP contribution in [0.1, 0.15) is 0 Å². The quantitative estimate of drug-likeness (QED) is 0.105. The van der Waals surface area contributed by atoms with Gasteiger partial charge >= 0.3 is 0 Å². The van der Waals surface area contributed by atoms with E-state index in [0.717, 1.165) is 17.1 Å². The monoisotopic (exact) mass is 599 g/mol. The van der Waals surface area contributed by atoms with Gasteiger partial charge in [-0.25, -0.2) is 0 Å². The highest BCUT2D eigenvalue weighted by Crippen LogP contribution is 2.39. The zero-order chi connectivity index (χ0) is 26.1. The first-order chi connectivity index (χ1) is 18.7. The van der Waals surface area contributed by atoms with Gasteiger partial charge in [-0.05, 0) is 121 Å². The van der Waals surface area contributed by atoms with Crippen LogP contribution < -0.4 is 4.90 Å². The molecule has 0 unspecified atom stereocenters. The number of allylic oxidation sites excluding steroid dienone is 3. The number of anilines is 2. The molecule has 0 N–H and O–H groups in total. The smallest absolute Gasteiger partial charge is 0.0467 e. The van der Waals surface area contributed by atoms with Crippen LogP contribution in [-0.4, -0.2) is 0 Å². The summed E-state index contributed by atoms with van der Waals surface area (Å²) in [6, 6.07) is 41.4. The number of hydrogen-bond acceptors (Lipinski definition) is 1. The highest BCUT2D eigenvalue weighted by Gasteiger charge is 2.14. The molecule has 0 amide bonds. The first kappa shape index (κ1) is 24.2. The number of benzene rings is 6. The van der Waals surface area contributed by atoms with E-state index in [4.69, 9.17) is 0 Å². The second-order valence-electron chi connectivity index (χ2n) is 9.25. The summed E-state index contributed by atoms with van der Waals surface area (Å²) in [7, 11) is 0. The Hall–Kier alpha value is -4.15. The van der Waals surface area contributed by atoms with Crippen LogP contribution in [0.3, 0.4) is 0 Å². The molecule has 6 aromatic rings. The van der Waals surface area contributed by atoms with Gasteiger partial charge in [0.1, 0.15) is 0 Å². The largest absolute Gasteiger partial charge is 0.311 e. The standard InChI is InChI=1S/C36H26IN/c1-3-11-28(4-2)38(29-13-6-5-7-14-29)30-15-10-12-25(22-30)26-18-20-33-34-21-19-27(37)24-36(34)32-17-9-8-16-31(32)35(33)23-26/h3-24H,1-2H2/b28-11+.